The van der Waals surface area contributed by atoms with Crippen LogP contribution in [-0.2, 0) is 4.79 Å². The van der Waals surface area contributed by atoms with Crippen molar-refractivity contribution < 1.29 is 27.9 Å². The molecule has 0 unspecified atom stereocenters. The van der Waals surface area contributed by atoms with Gasteiger partial charge in [-0.25, -0.2) is 22.8 Å². The Morgan fingerprint density at radius 3 is 2.05 bits per heavy atom. The summed E-state index contributed by atoms with van der Waals surface area (Å²) in [6, 6.07) is -0.951. The van der Waals surface area contributed by atoms with Crippen molar-refractivity contribution in [2.75, 3.05) is 5.32 Å². The summed E-state index contributed by atoms with van der Waals surface area (Å²) in [5, 5.41) is 13.0. The molecule has 0 heterocycles. The molecule has 2 amide bonds. The zero-order chi connectivity index (χ0) is 15.4. The van der Waals surface area contributed by atoms with E-state index in [1.165, 1.54) is 0 Å². The lowest BCUT2D eigenvalue weighted by Crippen LogP contribution is -2.46. The molecule has 1 aromatic carbocycles. The summed E-state index contributed by atoms with van der Waals surface area (Å²) in [5.74, 6) is -6.20. The third-order valence-electron chi connectivity index (χ3n) is 2.46. The highest BCUT2D eigenvalue weighted by atomic mass is 19.2. The number of anilines is 1. The third kappa shape index (κ3) is 3.87. The van der Waals surface area contributed by atoms with Gasteiger partial charge in [-0.3, -0.25) is 0 Å². The molecule has 0 fully saturated rings. The summed E-state index contributed by atoms with van der Waals surface area (Å²) < 4.78 is 38.6. The molecular weight excluding hydrogens is 277 g/mol. The number of carbonyl (C=O) groups excluding carboxylic acids is 1. The maximum atomic E-state index is 12.9. The van der Waals surface area contributed by atoms with Gasteiger partial charge in [0.25, 0.3) is 0 Å². The van der Waals surface area contributed by atoms with Gasteiger partial charge >= 0.3 is 12.0 Å². The lowest BCUT2D eigenvalue weighted by atomic mass is 10.1. The topological polar surface area (TPSA) is 78.4 Å². The van der Waals surface area contributed by atoms with Crippen molar-refractivity contribution in [1.82, 2.24) is 5.32 Å². The van der Waals surface area contributed by atoms with Gasteiger partial charge in [0.15, 0.2) is 17.5 Å². The highest BCUT2D eigenvalue weighted by molar-refractivity contribution is 5.92. The van der Waals surface area contributed by atoms with Crippen LogP contribution in [-0.4, -0.2) is 23.1 Å². The van der Waals surface area contributed by atoms with Gasteiger partial charge in [0.1, 0.15) is 6.04 Å². The first kappa shape index (κ1) is 15.8. The maximum absolute atomic E-state index is 12.9. The van der Waals surface area contributed by atoms with Crippen LogP contribution in [0.25, 0.3) is 0 Å². The van der Waals surface area contributed by atoms with E-state index < -0.39 is 35.5 Å². The number of halogens is 3. The first-order valence-electron chi connectivity index (χ1n) is 5.67. The van der Waals surface area contributed by atoms with Gasteiger partial charge in [-0.2, -0.15) is 0 Å². The standard InChI is InChI=1S/C12H13F3N2O3/c1-5(2)10(11(18)19)17-12(20)16-6-3-7(13)9(15)8(14)4-6/h3-5,10H,1-2H3,(H,18,19)(H2,16,17,20)/t10-/m1/s1. The molecule has 0 bridgehead atoms. The second-order valence-corrected chi connectivity index (χ2v) is 4.41. The van der Waals surface area contributed by atoms with E-state index >= 15 is 0 Å². The molecule has 0 radical (unpaired) electrons. The van der Waals surface area contributed by atoms with Crippen molar-refractivity contribution >= 4 is 17.7 Å². The van der Waals surface area contributed by atoms with Crippen molar-refractivity contribution in [2.24, 2.45) is 5.92 Å². The van der Waals surface area contributed by atoms with Crippen LogP contribution in [0.3, 0.4) is 0 Å². The molecule has 0 saturated carbocycles. The lowest BCUT2D eigenvalue weighted by molar-refractivity contribution is -0.140. The first-order valence-corrected chi connectivity index (χ1v) is 5.67. The smallest absolute Gasteiger partial charge is 0.326 e. The van der Waals surface area contributed by atoms with Gasteiger partial charge in [-0.1, -0.05) is 13.8 Å². The van der Waals surface area contributed by atoms with Crippen LogP contribution in [0.15, 0.2) is 12.1 Å². The summed E-state index contributed by atoms with van der Waals surface area (Å²) in [6.45, 7) is 3.16. The Kier molecular flexibility index (Phi) is 4.95. The van der Waals surface area contributed by atoms with Crippen molar-refractivity contribution in [1.29, 1.82) is 0 Å². The molecular formula is C12H13F3N2O3. The van der Waals surface area contributed by atoms with Crippen LogP contribution >= 0.6 is 0 Å². The average Bonchev–Trinajstić information content (AvgIpc) is 2.32. The molecule has 1 atom stereocenters. The number of aliphatic carboxylic acids is 1. The molecule has 5 nitrogen and oxygen atoms in total. The molecule has 20 heavy (non-hydrogen) atoms. The lowest BCUT2D eigenvalue weighted by Gasteiger charge is -2.18. The van der Waals surface area contributed by atoms with E-state index in [2.05, 4.69) is 5.32 Å². The van der Waals surface area contributed by atoms with Crippen LogP contribution in [0.2, 0.25) is 0 Å². The molecule has 8 heteroatoms. The second-order valence-electron chi connectivity index (χ2n) is 4.41. The van der Waals surface area contributed by atoms with Gasteiger partial charge in [-0.15, -0.1) is 0 Å². The highest BCUT2D eigenvalue weighted by Gasteiger charge is 2.23. The Morgan fingerprint density at radius 2 is 1.65 bits per heavy atom. The second kappa shape index (κ2) is 6.27. The predicted molar refractivity (Wildman–Crippen MR) is 64.7 cm³/mol. The van der Waals surface area contributed by atoms with Crippen LogP contribution in [0.1, 0.15) is 13.8 Å². The van der Waals surface area contributed by atoms with E-state index in [0.29, 0.717) is 12.1 Å². The minimum absolute atomic E-state index is 0.327. The Bertz CT molecular complexity index is 512. The molecule has 1 aromatic rings. The van der Waals surface area contributed by atoms with E-state index in [1.807, 2.05) is 5.32 Å². The van der Waals surface area contributed by atoms with E-state index in [0.717, 1.165) is 0 Å². The molecule has 0 aliphatic heterocycles. The average molecular weight is 290 g/mol. The third-order valence-corrected chi connectivity index (χ3v) is 2.46. The van der Waals surface area contributed by atoms with Gasteiger partial charge < -0.3 is 15.7 Å². The zero-order valence-corrected chi connectivity index (χ0v) is 10.7. The number of amides is 2. The Labute approximate surface area is 112 Å². The Hall–Kier alpha value is -2.25. The van der Waals surface area contributed by atoms with Crippen molar-refractivity contribution in [3.05, 3.63) is 29.6 Å². The largest absolute Gasteiger partial charge is 0.480 e. The quantitative estimate of drug-likeness (QED) is 0.745. The SMILES string of the molecule is CC(C)[C@@H](NC(=O)Nc1cc(F)c(F)c(F)c1)C(=O)O. The number of hydrogen-bond donors (Lipinski definition) is 3. The van der Waals surface area contributed by atoms with Crippen LogP contribution in [0.5, 0.6) is 0 Å². The molecule has 3 N–H and O–H groups in total. The maximum Gasteiger partial charge on any atom is 0.326 e. The monoisotopic (exact) mass is 290 g/mol. The fourth-order valence-electron chi connectivity index (χ4n) is 1.45. The minimum Gasteiger partial charge on any atom is -0.480 e. The fraction of sp³-hybridized carbons (Fsp3) is 0.333. The summed E-state index contributed by atoms with van der Waals surface area (Å²) in [5.41, 5.74) is -0.327. The van der Waals surface area contributed by atoms with Crippen LogP contribution < -0.4 is 10.6 Å². The number of rotatable bonds is 4. The van der Waals surface area contributed by atoms with E-state index in [-0.39, 0.29) is 11.6 Å². The number of carboxylic acids is 1. The number of carbonyl (C=O) groups is 2. The number of carboxylic acid groups (broad SMARTS) is 1. The minimum atomic E-state index is -1.65. The molecule has 0 aliphatic rings. The van der Waals surface area contributed by atoms with E-state index in [1.54, 1.807) is 13.8 Å². The normalized spacial score (nSPS) is 12.1. The molecule has 0 saturated heterocycles. The molecule has 110 valence electrons. The molecule has 0 aliphatic carbocycles. The number of nitrogens with one attached hydrogen (secondary N) is 2. The van der Waals surface area contributed by atoms with Crippen molar-refractivity contribution in [3.8, 4) is 0 Å². The summed E-state index contributed by atoms with van der Waals surface area (Å²) in [7, 11) is 0. The Balaban J connectivity index is 2.78. The molecule has 0 aromatic heterocycles. The number of hydrogen-bond acceptors (Lipinski definition) is 2. The highest BCUT2D eigenvalue weighted by Crippen LogP contribution is 2.17. The predicted octanol–water partition coefficient (Wildman–Crippen LogP) is 2.33. The van der Waals surface area contributed by atoms with Gasteiger partial charge in [0, 0.05) is 17.8 Å². The van der Waals surface area contributed by atoms with Gasteiger partial charge in [0.2, 0.25) is 0 Å². The first-order chi connectivity index (χ1) is 9.22. The summed E-state index contributed by atoms with van der Waals surface area (Å²) in [4.78, 5) is 22.4. The zero-order valence-electron chi connectivity index (χ0n) is 10.7. The van der Waals surface area contributed by atoms with E-state index in [4.69, 9.17) is 5.11 Å². The number of urea groups is 1. The van der Waals surface area contributed by atoms with E-state index in [9.17, 15) is 22.8 Å². The summed E-state index contributed by atoms with van der Waals surface area (Å²) in [6.07, 6.45) is 0. The van der Waals surface area contributed by atoms with Crippen molar-refractivity contribution in [3.63, 3.8) is 0 Å². The van der Waals surface area contributed by atoms with Gasteiger partial charge in [0.05, 0.1) is 0 Å². The van der Waals surface area contributed by atoms with Crippen LogP contribution in [0, 0.1) is 23.4 Å². The van der Waals surface area contributed by atoms with Crippen molar-refractivity contribution in [2.45, 2.75) is 19.9 Å². The molecule has 1 rings (SSSR count). The Morgan fingerprint density at radius 1 is 1.15 bits per heavy atom. The molecule has 0 spiro atoms. The van der Waals surface area contributed by atoms with Crippen LogP contribution in [0.4, 0.5) is 23.7 Å². The van der Waals surface area contributed by atoms with Gasteiger partial charge in [-0.05, 0) is 5.92 Å². The number of benzene rings is 1. The fourth-order valence-corrected chi connectivity index (χ4v) is 1.45. The summed E-state index contributed by atoms with van der Waals surface area (Å²) >= 11 is 0.